The number of ether oxygens (including phenoxy) is 1. The highest BCUT2D eigenvalue weighted by atomic mass is 16.7. The average molecular weight is 366 g/mol. The number of hydrogen-bond donors (Lipinski definition) is 1. The summed E-state index contributed by atoms with van der Waals surface area (Å²) < 4.78 is 8.36. The molecule has 1 aliphatic rings. The first kappa shape index (κ1) is 17.5. The molecule has 1 aromatic heterocycles. The van der Waals surface area contributed by atoms with Gasteiger partial charge in [0.05, 0.1) is 6.54 Å². The minimum absolute atomic E-state index is 0.195. The van der Waals surface area contributed by atoms with Crippen LogP contribution in [0.3, 0.4) is 0 Å². The van der Waals surface area contributed by atoms with Gasteiger partial charge in [-0.1, -0.05) is 30.3 Å². The molecule has 3 aromatic rings. The molecule has 1 N–H and O–H groups in total. The van der Waals surface area contributed by atoms with E-state index in [1.54, 1.807) is 35.3 Å². The van der Waals surface area contributed by atoms with E-state index < -0.39 is 5.60 Å². The molecule has 7 nitrogen and oxygen atoms in total. The molecule has 1 saturated heterocycles. The number of rotatable bonds is 6. The van der Waals surface area contributed by atoms with Crippen LogP contribution in [-0.4, -0.2) is 44.6 Å². The van der Waals surface area contributed by atoms with Gasteiger partial charge in [0.15, 0.2) is 5.60 Å². The van der Waals surface area contributed by atoms with E-state index in [0.29, 0.717) is 12.3 Å². The van der Waals surface area contributed by atoms with E-state index in [9.17, 15) is 5.11 Å². The van der Waals surface area contributed by atoms with Gasteiger partial charge in [0, 0.05) is 13.6 Å². The number of phenols is 1. The number of phenolic OH excluding ortho intramolecular Hbond substituents is 1. The third-order valence-electron chi connectivity index (χ3n) is 4.80. The zero-order valence-corrected chi connectivity index (χ0v) is 15.1. The van der Waals surface area contributed by atoms with Crippen LogP contribution < -0.4 is 4.74 Å². The molecule has 0 aliphatic carbocycles. The Morgan fingerprint density at radius 2 is 1.96 bits per heavy atom. The van der Waals surface area contributed by atoms with Gasteiger partial charge in [0.25, 0.3) is 0 Å². The van der Waals surface area contributed by atoms with Crippen molar-refractivity contribution in [2.24, 2.45) is 0 Å². The lowest BCUT2D eigenvalue weighted by atomic mass is 9.86. The van der Waals surface area contributed by atoms with E-state index in [1.807, 2.05) is 42.4 Å². The Labute approximate surface area is 157 Å². The molecule has 2 unspecified atom stereocenters. The topological polar surface area (TPSA) is 72.6 Å². The minimum Gasteiger partial charge on any atom is -0.508 e. The van der Waals surface area contributed by atoms with E-state index in [1.165, 1.54) is 6.33 Å². The Morgan fingerprint density at radius 3 is 2.59 bits per heavy atom. The first-order valence-electron chi connectivity index (χ1n) is 8.90. The van der Waals surface area contributed by atoms with Gasteiger partial charge in [0.2, 0.25) is 0 Å². The fraction of sp³-hybridized carbons (Fsp3) is 0.300. The second kappa shape index (κ2) is 7.38. The molecule has 4 rings (SSSR count). The largest absolute Gasteiger partial charge is 0.508 e. The Balaban J connectivity index is 1.80. The van der Waals surface area contributed by atoms with Crippen molar-refractivity contribution in [3.05, 3.63) is 72.8 Å². The number of hydrogen-bond acceptors (Lipinski definition) is 6. The molecule has 0 spiro atoms. The highest BCUT2D eigenvalue weighted by Gasteiger charge is 2.47. The summed E-state index contributed by atoms with van der Waals surface area (Å²) in [7, 11) is 1.92. The highest BCUT2D eigenvalue weighted by molar-refractivity contribution is 5.33. The lowest BCUT2D eigenvalue weighted by Crippen LogP contribution is -2.48. The molecule has 7 heteroatoms. The van der Waals surface area contributed by atoms with Crippen LogP contribution in [0, 0.1) is 0 Å². The monoisotopic (exact) mass is 366 g/mol. The maximum Gasteiger partial charge on any atom is 0.181 e. The van der Waals surface area contributed by atoms with Gasteiger partial charge in [-0.25, -0.2) is 9.67 Å². The molecule has 0 saturated carbocycles. The van der Waals surface area contributed by atoms with Crippen LogP contribution in [0.2, 0.25) is 0 Å². The predicted octanol–water partition coefficient (Wildman–Crippen LogP) is 2.59. The van der Waals surface area contributed by atoms with Crippen molar-refractivity contribution in [2.45, 2.75) is 24.7 Å². The molecule has 140 valence electrons. The van der Waals surface area contributed by atoms with Gasteiger partial charge in [-0.3, -0.25) is 4.84 Å². The van der Waals surface area contributed by atoms with E-state index in [0.717, 1.165) is 18.5 Å². The van der Waals surface area contributed by atoms with Crippen LogP contribution in [0.25, 0.3) is 0 Å². The molecule has 2 aromatic carbocycles. The van der Waals surface area contributed by atoms with E-state index >= 15 is 0 Å². The molecule has 1 fully saturated rings. The molecule has 0 amide bonds. The number of aromatic nitrogens is 3. The van der Waals surface area contributed by atoms with Gasteiger partial charge in [0.1, 0.15) is 30.3 Å². The summed E-state index contributed by atoms with van der Waals surface area (Å²) in [6.45, 7) is 1.26. The summed E-state index contributed by atoms with van der Waals surface area (Å²) in [5.41, 5.74) is 0.185. The van der Waals surface area contributed by atoms with Crippen LogP contribution in [0.4, 0.5) is 0 Å². The second-order valence-corrected chi connectivity index (χ2v) is 6.68. The number of aromatic hydroxyl groups is 1. The van der Waals surface area contributed by atoms with Crippen molar-refractivity contribution >= 4 is 0 Å². The summed E-state index contributed by atoms with van der Waals surface area (Å²) in [6.07, 6.45) is 3.80. The van der Waals surface area contributed by atoms with Gasteiger partial charge in [-0.15, -0.1) is 0 Å². The number of benzene rings is 2. The Kier molecular flexibility index (Phi) is 4.79. The fourth-order valence-electron chi connectivity index (χ4n) is 3.48. The minimum atomic E-state index is -0.809. The van der Waals surface area contributed by atoms with Crippen molar-refractivity contribution < 1.29 is 14.7 Å². The fourth-order valence-corrected chi connectivity index (χ4v) is 3.48. The molecule has 0 bridgehead atoms. The van der Waals surface area contributed by atoms with Gasteiger partial charge in [-0.05, 0) is 36.2 Å². The normalized spacial score (nSPS) is 19.7. The molecule has 2 heterocycles. The van der Waals surface area contributed by atoms with Gasteiger partial charge in [-0.2, -0.15) is 10.2 Å². The number of nitrogens with zero attached hydrogens (tertiary/aromatic N) is 4. The van der Waals surface area contributed by atoms with E-state index in [2.05, 4.69) is 10.1 Å². The molecular formula is C20H22N4O3. The quantitative estimate of drug-likeness (QED) is 0.723. The molecule has 0 radical (unpaired) electrons. The maximum absolute atomic E-state index is 9.62. The van der Waals surface area contributed by atoms with Gasteiger partial charge >= 0.3 is 0 Å². The Bertz CT molecular complexity index is 855. The zero-order chi connectivity index (χ0) is 18.7. The lowest BCUT2D eigenvalue weighted by molar-refractivity contribution is -0.189. The first-order chi connectivity index (χ1) is 13.2. The summed E-state index contributed by atoms with van der Waals surface area (Å²) in [4.78, 5) is 10.2. The van der Waals surface area contributed by atoms with Gasteiger partial charge < -0.3 is 9.84 Å². The molecule has 1 aliphatic heterocycles. The van der Waals surface area contributed by atoms with Crippen LogP contribution in [0.1, 0.15) is 12.0 Å². The molecule has 27 heavy (non-hydrogen) atoms. The van der Waals surface area contributed by atoms with Crippen LogP contribution >= 0.6 is 0 Å². The van der Waals surface area contributed by atoms with Crippen LogP contribution in [0.5, 0.6) is 11.5 Å². The standard InChI is InChI=1S/C20H22N4O3/c1-23-12-11-19(27-23)20(13-24-15-21-14-22-24,16-5-3-2-4-6-16)26-18-9-7-17(25)8-10-18/h2-10,14-15,19,25H,11-13H2,1H3. The lowest BCUT2D eigenvalue weighted by Gasteiger charge is -2.38. The van der Waals surface area contributed by atoms with Crippen LogP contribution in [-0.2, 0) is 17.0 Å². The van der Waals surface area contributed by atoms with Crippen LogP contribution in [0.15, 0.2) is 67.3 Å². The molecular weight excluding hydrogens is 344 g/mol. The van der Waals surface area contributed by atoms with Crippen molar-refractivity contribution in [3.8, 4) is 11.5 Å². The van der Waals surface area contributed by atoms with Crippen molar-refractivity contribution in [2.75, 3.05) is 13.6 Å². The van der Waals surface area contributed by atoms with Crippen molar-refractivity contribution in [1.29, 1.82) is 0 Å². The summed E-state index contributed by atoms with van der Waals surface area (Å²) >= 11 is 0. The Hall–Kier alpha value is -2.90. The third kappa shape index (κ3) is 3.65. The SMILES string of the molecule is CN1CCC(C(Cn2cncn2)(Oc2ccc(O)cc2)c2ccccc2)O1. The maximum atomic E-state index is 9.62. The first-order valence-corrected chi connectivity index (χ1v) is 8.90. The average Bonchev–Trinajstić information content (AvgIpc) is 3.35. The summed E-state index contributed by atoms with van der Waals surface area (Å²) in [6, 6.07) is 16.8. The van der Waals surface area contributed by atoms with E-state index in [-0.39, 0.29) is 11.9 Å². The number of hydroxylamine groups is 2. The summed E-state index contributed by atoms with van der Waals surface area (Å²) in [5, 5.41) is 15.7. The summed E-state index contributed by atoms with van der Waals surface area (Å²) in [5.74, 6) is 0.843. The highest BCUT2D eigenvalue weighted by Crippen LogP contribution is 2.39. The third-order valence-corrected chi connectivity index (χ3v) is 4.80. The van der Waals surface area contributed by atoms with Crippen molar-refractivity contribution in [1.82, 2.24) is 19.8 Å². The molecule has 2 atom stereocenters. The van der Waals surface area contributed by atoms with Crippen molar-refractivity contribution in [3.63, 3.8) is 0 Å². The second-order valence-electron chi connectivity index (χ2n) is 6.68. The smallest absolute Gasteiger partial charge is 0.181 e. The van der Waals surface area contributed by atoms with E-state index in [4.69, 9.17) is 9.57 Å². The zero-order valence-electron chi connectivity index (χ0n) is 15.1. The predicted molar refractivity (Wildman–Crippen MR) is 99.0 cm³/mol. The Morgan fingerprint density at radius 1 is 1.19 bits per heavy atom.